The highest BCUT2D eigenvalue weighted by Gasteiger charge is 2.46. The van der Waals surface area contributed by atoms with Gasteiger partial charge in [0.05, 0.1) is 31.1 Å². The fourth-order valence-electron chi connectivity index (χ4n) is 3.45. The Kier molecular flexibility index (Phi) is 7.51. The molecular formula is C23H24ClF3O6. The van der Waals surface area contributed by atoms with Crippen LogP contribution in [0.2, 0.25) is 5.02 Å². The van der Waals surface area contributed by atoms with E-state index in [0.29, 0.717) is 30.3 Å². The lowest BCUT2D eigenvalue weighted by Gasteiger charge is -2.30. The number of carbonyl (C=O) groups is 1. The molecule has 1 heterocycles. The number of carboxylic acid groups (broad SMARTS) is 1. The molecule has 0 saturated heterocycles. The van der Waals surface area contributed by atoms with Crippen molar-refractivity contribution in [3.8, 4) is 17.2 Å². The van der Waals surface area contributed by atoms with Gasteiger partial charge < -0.3 is 24.1 Å². The Morgan fingerprint density at radius 3 is 2.55 bits per heavy atom. The molecule has 2 aromatic carbocycles. The molecule has 10 heteroatoms. The zero-order chi connectivity index (χ0) is 24.2. The van der Waals surface area contributed by atoms with E-state index in [1.54, 1.807) is 18.2 Å². The smallest absolute Gasteiger partial charge is 0.493 e. The van der Waals surface area contributed by atoms with Gasteiger partial charge in [-0.05, 0) is 35.9 Å². The Morgan fingerprint density at radius 2 is 1.91 bits per heavy atom. The second kappa shape index (κ2) is 9.99. The van der Waals surface area contributed by atoms with Crippen LogP contribution in [0, 0.1) is 5.92 Å². The second-order valence-corrected chi connectivity index (χ2v) is 8.40. The maximum Gasteiger partial charge on any atom is 0.509 e. The highest BCUT2D eigenvalue weighted by molar-refractivity contribution is 6.32. The summed E-state index contributed by atoms with van der Waals surface area (Å²) in [5, 5.41) is 9.17. The van der Waals surface area contributed by atoms with Gasteiger partial charge in [-0.1, -0.05) is 31.5 Å². The van der Waals surface area contributed by atoms with Crippen LogP contribution in [-0.2, 0) is 17.6 Å². The summed E-state index contributed by atoms with van der Waals surface area (Å²) in [6.45, 7) is 4.23. The molecule has 3 rings (SSSR count). The van der Waals surface area contributed by atoms with E-state index in [1.807, 2.05) is 13.8 Å². The van der Waals surface area contributed by atoms with Crippen LogP contribution >= 0.6 is 11.6 Å². The normalized spacial score (nSPS) is 17.4. The molecule has 0 aromatic heterocycles. The van der Waals surface area contributed by atoms with Gasteiger partial charge in [-0.25, -0.2) is 4.79 Å². The lowest BCUT2D eigenvalue weighted by atomic mass is 9.97. The van der Waals surface area contributed by atoms with Crippen LogP contribution in [0.25, 0.3) is 0 Å². The van der Waals surface area contributed by atoms with Crippen molar-refractivity contribution in [2.45, 2.75) is 45.1 Å². The van der Waals surface area contributed by atoms with Crippen LogP contribution in [0.5, 0.6) is 17.2 Å². The molecule has 33 heavy (non-hydrogen) atoms. The lowest BCUT2D eigenvalue weighted by Crippen LogP contribution is -2.44. The van der Waals surface area contributed by atoms with Gasteiger partial charge in [-0.2, -0.15) is 13.2 Å². The van der Waals surface area contributed by atoms with Crippen LogP contribution in [0.15, 0.2) is 36.4 Å². The van der Waals surface area contributed by atoms with Gasteiger partial charge in [0.1, 0.15) is 17.2 Å². The fourth-order valence-corrected chi connectivity index (χ4v) is 3.71. The zero-order valence-electron chi connectivity index (χ0n) is 18.1. The molecule has 0 radical (unpaired) electrons. The van der Waals surface area contributed by atoms with Crippen molar-refractivity contribution in [3.63, 3.8) is 0 Å². The van der Waals surface area contributed by atoms with E-state index >= 15 is 0 Å². The summed E-state index contributed by atoms with van der Waals surface area (Å²) in [5.74, 6) is -0.0289. The fraction of sp³-hybridized carbons (Fsp3) is 0.435. The Labute approximate surface area is 194 Å². The molecule has 6 nitrogen and oxygen atoms in total. The summed E-state index contributed by atoms with van der Waals surface area (Å²) < 4.78 is 59.5. The van der Waals surface area contributed by atoms with Crippen LogP contribution in [0.4, 0.5) is 18.0 Å². The molecule has 0 unspecified atom stereocenters. The number of benzene rings is 2. The molecule has 180 valence electrons. The second-order valence-electron chi connectivity index (χ2n) is 7.99. The monoisotopic (exact) mass is 488 g/mol. The summed E-state index contributed by atoms with van der Waals surface area (Å²) in [4.78, 5) is 11.1. The third-order valence-electron chi connectivity index (χ3n) is 5.11. The van der Waals surface area contributed by atoms with Crippen molar-refractivity contribution in [1.82, 2.24) is 0 Å². The molecule has 0 spiro atoms. The Morgan fingerprint density at radius 1 is 1.18 bits per heavy atom. The first-order valence-corrected chi connectivity index (χ1v) is 10.7. The molecule has 0 saturated carbocycles. The maximum absolute atomic E-state index is 12.5. The van der Waals surface area contributed by atoms with Gasteiger partial charge in [-0.15, -0.1) is 0 Å². The van der Waals surface area contributed by atoms with E-state index in [1.165, 1.54) is 18.2 Å². The van der Waals surface area contributed by atoms with Crippen molar-refractivity contribution in [3.05, 3.63) is 52.5 Å². The van der Waals surface area contributed by atoms with Crippen molar-refractivity contribution in [2.24, 2.45) is 5.92 Å². The molecule has 1 aliphatic rings. The van der Waals surface area contributed by atoms with Crippen molar-refractivity contribution < 1.29 is 42.0 Å². The molecule has 0 fully saturated rings. The summed E-state index contributed by atoms with van der Waals surface area (Å²) in [6.07, 6.45) is -5.97. The van der Waals surface area contributed by atoms with E-state index in [0.717, 1.165) is 5.56 Å². The average molecular weight is 489 g/mol. The topological polar surface area (TPSA) is 74.2 Å². The average Bonchev–Trinajstić information content (AvgIpc) is 3.06. The molecule has 0 aliphatic carbocycles. The van der Waals surface area contributed by atoms with Crippen LogP contribution in [-0.4, -0.2) is 36.4 Å². The predicted molar refractivity (Wildman–Crippen MR) is 114 cm³/mol. The third kappa shape index (κ3) is 6.60. The summed E-state index contributed by atoms with van der Waals surface area (Å²) in [5.41, 5.74) is 0.850. The number of hydrogen-bond donors (Lipinski definition) is 1. The van der Waals surface area contributed by atoms with E-state index < -0.39 is 24.5 Å². The lowest BCUT2D eigenvalue weighted by molar-refractivity contribution is -0.167. The number of hydrogen-bond acceptors (Lipinski definition) is 5. The number of alkyl halides is 3. The first kappa shape index (κ1) is 24.8. The first-order chi connectivity index (χ1) is 15.5. The molecular weight excluding hydrogens is 465 g/mol. The molecule has 0 bridgehead atoms. The third-order valence-corrected chi connectivity index (χ3v) is 5.40. The minimum atomic E-state index is -4.30. The number of ether oxygens (including phenoxy) is 4. The van der Waals surface area contributed by atoms with E-state index in [2.05, 4.69) is 0 Å². The number of fused-ring (bicyclic) bond motifs is 1. The van der Waals surface area contributed by atoms with E-state index in [-0.39, 0.29) is 29.5 Å². The highest BCUT2D eigenvalue weighted by Crippen LogP contribution is 2.41. The van der Waals surface area contributed by atoms with Gasteiger partial charge in [0, 0.05) is 17.9 Å². The van der Waals surface area contributed by atoms with Gasteiger partial charge in [0.25, 0.3) is 5.79 Å². The van der Waals surface area contributed by atoms with Crippen LogP contribution in [0.3, 0.4) is 0 Å². The molecule has 1 aliphatic heterocycles. The first-order valence-electron chi connectivity index (χ1n) is 10.3. The Hall–Kier alpha value is -2.81. The molecule has 1 N–H and O–H groups in total. The quantitative estimate of drug-likeness (QED) is 0.331. The predicted octanol–water partition coefficient (Wildman–Crippen LogP) is 6.27. The molecule has 0 amide bonds. The zero-order valence-corrected chi connectivity index (χ0v) is 18.8. The number of rotatable bonds is 9. The minimum absolute atomic E-state index is 0.0685. The van der Waals surface area contributed by atoms with Gasteiger partial charge in [-0.3, -0.25) is 0 Å². The molecule has 1 atom stereocenters. The minimum Gasteiger partial charge on any atom is -0.493 e. The van der Waals surface area contributed by atoms with Crippen molar-refractivity contribution in [2.75, 3.05) is 13.2 Å². The summed E-state index contributed by atoms with van der Waals surface area (Å²) in [7, 11) is 0. The van der Waals surface area contributed by atoms with E-state index in [9.17, 15) is 18.0 Å². The van der Waals surface area contributed by atoms with Gasteiger partial charge in [0.15, 0.2) is 0 Å². The van der Waals surface area contributed by atoms with Crippen molar-refractivity contribution in [1.29, 1.82) is 0 Å². The van der Waals surface area contributed by atoms with Crippen molar-refractivity contribution >= 4 is 17.8 Å². The SMILES string of the molecule is CC(C)[C@]1(OC(=O)O)Cc2cc(OCCCOc3ccc(CC(F)(F)F)cc3Cl)ccc2O1. The summed E-state index contributed by atoms with van der Waals surface area (Å²) >= 11 is 6.02. The van der Waals surface area contributed by atoms with Gasteiger partial charge in [0.2, 0.25) is 0 Å². The largest absolute Gasteiger partial charge is 0.509 e. The van der Waals surface area contributed by atoms with Crippen LogP contribution < -0.4 is 14.2 Å². The van der Waals surface area contributed by atoms with E-state index in [4.69, 9.17) is 35.7 Å². The Bertz CT molecular complexity index is 995. The number of halogens is 4. The van der Waals surface area contributed by atoms with Gasteiger partial charge >= 0.3 is 12.3 Å². The highest BCUT2D eigenvalue weighted by atomic mass is 35.5. The maximum atomic E-state index is 12.5. The Balaban J connectivity index is 1.48. The standard InChI is InChI=1S/C23H24ClF3O6/c1-14(2)22(33-21(28)29)13-16-11-17(5-7-19(16)32-22)30-8-3-9-31-20-6-4-15(10-18(20)24)12-23(25,26)27/h4-7,10-11,14H,3,8-9,12-13H2,1-2H3,(H,28,29)/t22-/m1/s1. The van der Waals surface area contributed by atoms with Crippen LogP contribution in [0.1, 0.15) is 31.4 Å². The molecule has 2 aromatic rings. The summed E-state index contributed by atoms with van der Waals surface area (Å²) in [6, 6.07) is 9.21.